The first-order valence-electron chi connectivity index (χ1n) is 9.50. The van der Waals surface area contributed by atoms with Gasteiger partial charge in [0.1, 0.15) is 5.82 Å². The lowest BCUT2D eigenvalue weighted by Crippen LogP contribution is -2.53. The third-order valence-electron chi connectivity index (χ3n) is 5.60. The van der Waals surface area contributed by atoms with Crippen LogP contribution in [0.5, 0.6) is 0 Å². The van der Waals surface area contributed by atoms with E-state index in [4.69, 9.17) is 11.6 Å². The van der Waals surface area contributed by atoms with E-state index in [1.54, 1.807) is 48.2 Å². The molecule has 3 rings (SSSR count). The number of piperidine rings is 1. The summed E-state index contributed by atoms with van der Waals surface area (Å²) in [6.07, 6.45) is 1.42. The normalized spacial score (nSPS) is 18.5. The highest BCUT2D eigenvalue weighted by atomic mass is 35.5. The average molecular weight is 406 g/mol. The smallest absolute Gasteiger partial charge is 0.259 e. The Morgan fingerprint density at radius 1 is 1.21 bits per heavy atom. The molecule has 0 spiro atoms. The molecule has 1 atom stereocenters. The minimum absolute atomic E-state index is 0.225. The van der Waals surface area contributed by atoms with Gasteiger partial charge in [-0.3, -0.25) is 4.79 Å². The van der Waals surface area contributed by atoms with Gasteiger partial charge in [0.2, 0.25) is 0 Å². The molecule has 28 heavy (non-hydrogen) atoms. The van der Waals surface area contributed by atoms with E-state index in [1.807, 2.05) is 0 Å². The first kappa shape index (κ1) is 20.8. The molecule has 4 nitrogen and oxygen atoms in total. The van der Waals surface area contributed by atoms with Crippen LogP contribution >= 0.6 is 11.6 Å². The second kappa shape index (κ2) is 8.19. The predicted molar refractivity (Wildman–Crippen MR) is 107 cm³/mol. The summed E-state index contributed by atoms with van der Waals surface area (Å²) < 4.78 is 13.1. The monoisotopic (exact) mass is 405 g/mol. The average Bonchev–Trinajstić information content (AvgIpc) is 2.69. The number of carbonyl (C=O) groups is 1. The van der Waals surface area contributed by atoms with Crippen molar-refractivity contribution in [3.05, 3.63) is 70.5 Å². The van der Waals surface area contributed by atoms with Gasteiger partial charge in [-0.1, -0.05) is 42.8 Å². The molecule has 6 heteroatoms. The molecule has 1 fully saturated rings. The van der Waals surface area contributed by atoms with Crippen molar-refractivity contribution < 1.29 is 19.4 Å². The molecule has 2 aromatic carbocycles. The predicted octanol–water partition coefficient (Wildman–Crippen LogP) is 3.67. The van der Waals surface area contributed by atoms with Gasteiger partial charge in [-0.15, -0.1) is 0 Å². The number of likely N-dealkylation sites (tertiary alicyclic amines) is 1. The van der Waals surface area contributed by atoms with Gasteiger partial charge in [-0.25, -0.2) is 4.39 Å². The highest BCUT2D eigenvalue weighted by molar-refractivity contribution is 6.30. The van der Waals surface area contributed by atoms with Gasteiger partial charge in [-0.05, 0) is 54.7 Å². The first-order chi connectivity index (χ1) is 13.3. The number of aliphatic hydroxyl groups is 2. The Morgan fingerprint density at radius 3 is 2.43 bits per heavy atom. The third-order valence-corrected chi connectivity index (χ3v) is 5.83. The molecular formula is C22H25ClFNO3. The van der Waals surface area contributed by atoms with E-state index in [9.17, 15) is 19.4 Å². The molecule has 150 valence electrons. The van der Waals surface area contributed by atoms with Gasteiger partial charge in [0.15, 0.2) is 5.60 Å². The number of carbonyl (C=O) groups excluding carboxylic acids is 1. The summed E-state index contributed by atoms with van der Waals surface area (Å²) in [7, 11) is 0. The number of amides is 1. The molecule has 1 heterocycles. The molecule has 2 aromatic rings. The van der Waals surface area contributed by atoms with Crippen LogP contribution < -0.4 is 0 Å². The largest absolute Gasteiger partial charge is 0.389 e. The number of nitrogens with zero attached hydrogens (tertiary/aromatic N) is 1. The summed E-state index contributed by atoms with van der Waals surface area (Å²) in [5.74, 6) is -0.683. The number of hydrogen-bond donors (Lipinski definition) is 2. The third kappa shape index (κ3) is 4.37. The molecule has 2 N–H and O–H groups in total. The van der Waals surface area contributed by atoms with Crippen LogP contribution in [-0.4, -0.2) is 39.7 Å². The lowest BCUT2D eigenvalue weighted by atomic mass is 9.83. The Hall–Kier alpha value is -1.95. The molecule has 1 aliphatic rings. The van der Waals surface area contributed by atoms with Crippen molar-refractivity contribution in [2.45, 2.75) is 43.8 Å². The fourth-order valence-corrected chi connectivity index (χ4v) is 3.96. The van der Waals surface area contributed by atoms with Crippen LogP contribution in [0.3, 0.4) is 0 Å². The zero-order valence-corrected chi connectivity index (χ0v) is 16.6. The topological polar surface area (TPSA) is 60.8 Å². The second-order valence-corrected chi connectivity index (χ2v) is 7.98. The molecule has 1 aliphatic heterocycles. The minimum atomic E-state index is -1.64. The van der Waals surface area contributed by atoms with Crippen molar-refractivity contribution >= 4 is 17.5 Å². The van der Waals surface area contributed by atoms with Crippen LogP contribution in [0.25, 0.3) is 0 Å². The van der Waals surface area contributed by atoms with E-state index in [0.29, 0.717) is 42.9 Å². The van der Waals surface area contributed by atoms with Crippen molar-refractivity contribution in [2.75, 3.05) is 13.1 Å². The van der Waals surface area contributed by atoms with Crippen LogP contribution in [0.2, 0.25) is 5.02 Å². The van der Waals surface area contributed by atoms with Gasteiger partial charge in [0.05, 0.1) is 5.60 Å². The number of rotatable bonds is 5. The number of benzene rings is 2. The maximum atomic E-state index is 13.1. The zero-order valence-electron chi connectivity index (χ0n) is 15.9. The van der Waals surface area contributed by atoms with Crippen molar-refractivity contribution in [1.29, 1.82) is 0 Å². The number of halogens is 2. The summed E-state index contributed by atoms with van der Waals surface area (Å²) in [5.41, 5.74) is -1.26. The zero-order chi connectivity index (χ0) is 20.4. The van der Waals surface area contributed by atoms with E-state index in [-0.39, 0.29) is 18.1 Å². The first-order valence-corrected chi connectivity index (χ1v) is 9.88. The van der Waals surface area contributed by atoms with Gasteiger partial charge >= 0.3 is 0 Å². The van der Waals surface area contributed by atoms with E-state index in [1.165, 1.54) is 12.1 Å². The van der Waals surface area contributed by atoms with Crippen LogP contribution in [-0.2, 0) is 16.8 Å². The van der Waals surface area contributed by atoms with E-state index in [0.717, 1.165) is 5.56 Å². The highest BCUT2D eigenvalue weighted by Crippen LogP contribution is 2.33. The van der Waals surface area contributed by atoms with Crippen LogP contribution in [0.1, 0.15) is 37.3 Å². The Bertz CT molecular complexity index is 834. The van der Waals surface area contributed by atoms with Crippen LogP contribution in [0.4, 0.5) is 4.39 Å². The van der Waals surface area contributed by atoms with Crippen LogP contribution in [0, 0.1) is 5.82 Å². The molecule has 1 amide bonds. The summed E-state index contributed by atoms with van der Waals surface area (Å²) in [6, 6.07) is 12.8. The van der Waals surface area contributed by atoms with Crippen LogP contribution in [0.15, 0.2) is 48.5 Å². The molecule has 0 radical (unpaired) electrons. The summed E-state index contributed by atoms with van der Waals surface area (Å²) in [4.78, 5) is 14.7. The van der Waals surface area contributed by atoms with Gasteiger partial charge < -0.3 is 15.1 Å². The molecule has 0 aromatic heterocycles. The molecule has 0 bridgehead atoms. The lowest BCUT2D eigenvalue weighted by molar-refractivity contribution is -0.157. The standard InChI is InChI=1S/C22H25ClFNO3/c1-2-22(28,17-4-3-5-18(23)14-17)20(26)25-12-10-21(27,11-13-25)15-16-6-8-19(24)9-7-16/h3-9,14,27-28H,2,10-13,15H2,1H3. The highest BCUT2D eigenvalue weighted by Gasteiger charge is 2.42. The summed E-state index contributed by atoms with van der Waals surface area (Å²) >= 11 is 6.03. The quantitative estimate of drug-likeness (QED) is 0.797. The Morgan fingerprint density at radius 2 is 1.86 bits per heavy atom. The van der Waals surface area contributed by atoms with Crippen molar-refractivity contribution in [3.63, 3.8) is 0 Å². The minimum Gasteiger partial charge on any atom is -0.389 e. The Labute approximate surface area is 169 Å². The Balaban J connectivity index is 1.69. The van der Waals surface area contributed by atoms with E-state index in [2.05, 4.69) is 0 Å². The van der Waals surface area contributed by atoms with Crippen molar-refractivity contribution in [2.24, 2.45) is 0 Å². The van der Waals surface area contributed by atoms with E-state index < -0.39 is 11.2 Å². The maximum absolute atomic E-state index is 13.1. The van der Waals surface area contributed by atoms with Crippen molar-refractivity contribution in [3.8, 4) is 0 Å². The SMILES string of the molecule is CCC(O)(C(=O)N1CCC(O)(Cc2ccc(F)cc2)CC1)c1cccc(Cl)c1. The second-order valence-electron chi connectivity index (χ2n) is 7.54. The molecule has 0 aliphatic carbocycles. The van der Waals surface area contributed by atoms with Gasteiger partial charge in [0, 0.05) is 24.5 Å². The Kier molecular flexibility index (Phi) is 6.08. The maximum Gasteiger partial charge on any atom is 0.259 e. The lowest BCUT2D eigenvalue weighted by Gasteiger charge is -2.41. The summed E-state index contributed by atoms with van der Waals surface area (Å²) in [5, 5.41) is 22.4. The van der Waals surface area contributed by atoms with E-state index >= 15 is 0 Å². The fourth-order valence-electron chi connectivity index (χ4n) is 3.77. The molecular weight excluding hydrogens is 381 g/mol. The molecule has 1 unspecified atom stereocenters. The summed E-state index contributed by atoms with van der Waals surface area (Å²) in [6.45, 7) is 2.45. The van der Waals surface area contributed by atoms with Crippen molar-refractivity contribution in [1.82, 2.24) is 4.90 Å². The molecule has 0 saturated carbocycles. The van der Waals surface area contributed by atoms with Gasteiger partial charge in [-0.2, -0.15) is 0 Å². The van der Waals surface area contributed by atoms with Gasteiger partial charge in [0.25, 0.3) is 5.91 Å². The number of hydrogen-bond acceptors (Lipinski definition) is 3. The fraction of sp³-hybridized carbons (Fsp3) is 0.409. The molecule has 1 saturated heterocycles.